The Hall–Kier alpha value is -2.40. The van der Waals surface area contributed by atoms with Crippen LogP contribution >= 0.6 is 0 Å². The van der Waals surface area contributed by atoms with E-state index in [0.29, 0.717) is 35.3 Å². The number of nitrogens with one attached hydrogen (secondary N) is 2. The third kappa shape index (κ3) is 2.76. The first kappa shape index (κ1) is 15.1. The summed E-state index contributed by atoms with van der Waals surface area (Å²) in [6.07, 6.45) is 0. The molecule has 2 atom stereocenters. The highest BCUT2D eigenvalue weighted by molar-refractivity contribution is 5.96. The molecular weight excluding hydrogens is 307 g/mol. The number of ether oxygens (including phenoxy) is 1. The average Bonchev–Trinajstić information content (AvgIpc) is 3.02. The maximum absolute atomic E-state index is 13.7. The molecule has 0 saturated carbocycles. The Morgan fingerprint density at radius 2 is 2.00 bits per heavy atom. The lowest BCUT2D eigenvalue weighted by atomic mass is 9.87. The van der Waals surface area contributed by atoms with Crippen LogP contribution in [0.5, 0.6) is 5.75 Å². The van der Waals surface area contributed by atoms with Crippen molar-refractivity contribution in [3.8, 4) is 5.75 Å². The Kier molecular flexibility index (Phi) is 3.94. The smallest absolute Gasteiger partial charge is 0.251 e. The van der Waals surface area contributed by atoms with E-state index in [0.717, 1.165) is 18.7 Å². The van der Waals surface area contributed by atoms with Gasteiger partial charge < -0.3 is 15.4 Å². The first-order chi connectivity index (χ1) is 11.7. The fraction of sp³-hybridized carbons (Fsp3) is 0.316. The molecule has 2 aromatic rings. The number of hydrogen-bond acceptors (Lipinski definition) is 3. The van der Waals surface area contributed by atoms with Crippen molar-refractivity contribution in [2.24, 2.45) is 5.92 Å². The van der Waals surface area contributed by atoms with Crippen molar-refractivity contribution in [1.82, 2.24) is 10.6 Å². The number of carbonyl (C=O) groups is 1. The predicted molar refractivity (Wildman–Crippen MR) is 88.6 cm³/mol. The summed E-state index contributed by atoms with van der Waals surface area (Å²) in [6.45, 7) is 2.65. The van der Waals surface area contributed by atoms with Crippen molar-refractivity contribution in [3.63, 3.8) is 0 Å². The van der Waals surface area contributed by atoms with Gasteiger partial charge in [0.2, 0.25) is 0 Å². The van der Waals surface area contributed by atoms with Crippen LogP contribution in [0, 0.1) is 11.7 Å². The summed E-state index contributed by atoms with van der Waals surface area (Å²) >= 11 is 0. The minimum absolute atomic E-state index is 0.0595. The van der Waals surface area contributed by atoms with Gasteiger partial charge in [0.15, 0.2) is 0 Å². The zero-order valence-corrected chi connectivity index (χ0v) is 13.2. The number of amides is 1. The van der Waals surface area contributed by atoms with E-state index >= 15 is 0 Å². The largest absolute Gasteiger partial charge is 0.489 e. The van der Waals surface area contributed by atoms with Gasteiger partial charge in [0.25, 0.3) is 5.91 Å². The third-order valence-corrected chi connectivity index (χ3v) is 4.89. The number of hydrogen-bond donors (Lipinski definition) is 2. The molecule has 1 saturated heterocycles. The molecule has 1 fully saturated rings. The Bertz CT molecular complexity index is 778. The summed E-state index contributed by atoms with van der Waals surface area (Å²) in [7, 11) is 0. The molecule has 4 nitrogen and oxygen atoms in total. The highest BCUT2D eigenvalue weighted by Gasteiger charge is 2.34. The Morgan fingerprint density at radius 3 is 2.88 bits per heavy atom. The molecule has 2 aliphatic rings. The van der Waals surface area contributed by atoms with Crippen LogP contribution in [0.4, 0.5) is 4.39 Å². The second-order valence-corrected chi connectivity index (χ2v) is 6.36. The van der Waals surface area contributed by atoms with Crippen LogP contribution in [0.3, 0.4) is 0 Å². The second kappa shape index (κ2) is 6.24. The van der Waals surface area contributed by atoms with E-state index in [4.69, 9.17) is 4.74 Å². The van der Waals surface area contributed by atoms with Gasteiger partial charge in [0.05, 0.1) is 0 Å². The summed E-state index contributed by atoms with van der Waals surface area (Å²) in [5.74, 6) is 1.01. The van der Waals surface area contributed by atoms with Crippen LogP contribution in [-0.2, 0) is 6.61 Å². The Balaban J connectivity index is 1.58. The molecule has 24 heavy (non-hydrogen) atoms. The van der Waals surface area contributed by atoms with E-state index in [1.807, 2.05) is 12.1 Å². The molecule has 2 heterocycles. The van der Waals surface area contributed by atoms with E-state index in [9.17, 15) is 9.18 Å². The van der Waals surface area contributed by atoms with Crippen LogP contribution in [0.1, 0.15) is 27.4 Å². The monoisotopic (exact) mass is 326 g/mol. The van der Waals surface area contributed by atoms with Crippen LogP contribution in [-0.4, -0.2) is 25.5 Å². The summed E-state index contributed by atoms with van der Waals surface area (Å²) in [6, 6.07) is 12.1. The van der Waals surface area contributed by atoms with Gasteiger partial charge in [-0.1, -0.05) is 24.3 Å². The second-order valence-electron chi connectivity index (χ2n) is 6.36. The SMILES string of the molecule is O=C1NCC2CNCC2c2ccc(OCc3ccccc3F)cc21. The van der Waals surface area contributed by atoms with Crippen molar-refractivity contribution < 1.29 is 13.9 Å². The van der Waals surface area contributed by atoms with Crippen LogP contribution in [0.2, 0.25) is 0 Å². The molecule has 0 aromatic heterocycles. The first-order valence-electron chi connectivity index (χ1n) is 8.21. The molecule has 124 valence electrons. The molecule has 4 rings (SSSR count). The van der Waals surface area contributed by atoms with Crippen molar-refractivity contribution in [1.29, 1.82) is 0 Å². The highest BCUT2D eigenvalue weighted by Crippen LogP contribution is 2.34. The Morgan fingerprint density at radius 1 is 1.12 bits per heavy atom. The highest BCUT2D eigenvalue weighted by atomic mass is 19.1. The number of fused-ring (bicyclic) bond motifs is 3. The van der Waals surface area contributed by atoms with E-state index in [1.165, 1.54) is 6.07 Å². The Labute approximate surface area is 140 Å². The van der Waals surface area contributed by atoms with Crippen LogP contribution in [0.15, 0.2) is 42.5 Å². The lowest BCUT2D eigenvalue weighted by molar-refractivity contribution is 0.0952. The number of benzene rings is 2. The number of halogens is 1. The van der Waals surface area contributed by atoms with Crippen LogP contribution in [0.25, 0.3) is 0 Å². The molecule has 0 bridgehead atoms. The van der Waals surface area contributed by atoms with E-state index in [2.05, 4.69) is 10.6 Å². The quantitative estimate of drug-likeness (QED) is 0.911. The van der Waals surface area contributed by atoms with Gasteiger partial charge in [0.1, 0.15) is 18.2 Å². The van der Waals surface area contributed by atoms with Gasteiger partial charge in [-0.3, -0.25) is 4.79 Å². The van der Waals surface area contributed by atoms with Crippen LogP contribution < -0.4 is 15.4 Å². The number of rotatable bonds is 3. The fourth-order valence-electron chi connectivity index (χ4n) is 3.55. The van der Waals surface area contributed by atoms with E-state index in [-0.39, 0.29) is 18.3 Å². The molecule has 2 N–H and O–H groups in total. The molecule has 1 amide bonds. The van der Waals surface area contributed by atoms with Gasteiger partial charge >= 0.3 is 0 Å². The molecule has 0 spiro atoms. The summed E-state index contributed by atoms with van der Waals surface area (Å²) < 4.78 is 19.4. The van der Waals surface area contributed by atoms with Crippen molar-refractivity contribution in [2.75, 3.05) is 19.6 Å². The maximum atomic E-state index is 13.7. The molecule has 0 aliphatic carbocycles. The average molecular weight is 326 g/mol. The fourth-order valence-corrected chi connectivity index (χ4v) is 3.55. The number of carbonyl (C=O) groups excluding carboxylic acids is 1. The third-order valence-electron chi connectivity index (χ3n) is 4.89. The lowest BCUT2D eigenvalue weighted by Gasteiger charge is -2.17. The van der Waals surface area contributed by atoms with Gasteiger partial charge in [-0.2, -0.15) is 0 Å². The van der Waals surface area contributed by atoms with Crippen molar-refractivity contribution in [3.05, 3.63) is 65.0 Å². The summed E-state index contributed by atoms with van der Waals surface area (Å²) in [5, 5.41) is 6.38. The maximum Gasteiger partial charge on any atom is 0.251 e. The van der Waals surface area contributed by atoms with Gasteiger partial charge in [-0.25, -0.2) is 4.39 Å². The minimum atomic E-state index is -0.287. The van der Waals surface area contributed by atoms with Gasteiger partial charge in [0, 0.05) is 36.7 Å². The van der Waals surface area contributed by atoms with Crippen molar-refractivity contribution in [2.45, 2.75) is 12.5 Å². The summed E-state index contributed by atoms with van der Waals surface area (Å²) in [5.41, 5.74) is 2.23. The molecule has 5 heteroatoms. The zero-order chi connectivity index (χ0) is 16.5. The molecule has 2 aliphatic heterocycles. The van der Waals surface area contributed by atoms with Crippen molar-refractivity contribution >= 4 is 5.91 Å². The predicted octanol–water partition coefficient (Wildman–Crippen LogP) is 2.45. The van der Waals surface area contributed by atoms with E-state index < -0.39 is 0 Å². The topological polar surface area (TPSA) is 50.4 Å². The molecular formula is C19H19FN2O2. The minimum Gasteiger partial charge on any atom is -0.489 e. The summed E-state index contributed by atoms with van der Waals surface area (Å²) in [4.78, 5) is 12.4. The standard InChI is InChI=1S/C19H19FN2O2/c20-18-4-2-1-3-12(18)11-24-14-5-6-15-16(7-14)19(23)22-9-13-8-21-10-17(13)15/h1-7,13,17,21H,8-11H2,(H,22,23). The molecule has 2 aromatic carbocycles. The van der Waals surface area contributed by atoms with Gasteiger partial charge in [-0.15, -0.1) is 0 Å². The normalized spacial score (nSPS) is 22.3. The molecule has 0 radical (unpaired) electrons. The van der Waals surface area contributed by atoms with Gasteiger partial charge in [-0.05, 0) is 29.7 Å². The molecule has 2 unspecified atom stereocenters. The first-order valence-corrected chi connectivity index (χ1v) is 8.21. The van der Waals surface area contributed by atoms with E-state index in [1.54, 1.807) is 24.3 Å². The zero-order valence-electron chi connectivity index (χ0n) is 13.2. The lowest BCUT2D eigenvalue weighted by Crippen LogP contribution is -2.28.